The van der Waals surface area contributed by atoms with Crippen molar-refractivity contribution in [2.45, 2.75) is 26.6 Å². The van der Waals surface area contributed by atoms with Crippen LogP contribution in [0.5, 0.6) is 0 Å². The zero-order valence-corrected chi connectivity index (χ0v) is 11.3. The fourth-order valence-corrected chi connectivity index (χ4v) is 1.44. The quantitative estimate of drug-likeness (QED) is 0.767. The number of hydrogen-bond donors (Lipinski definition) is 2. The Balaban J connectivity index is 2.27. The predicted molar refractivity (Wildman–Crippen MR) is 72.4 cm³/mol. The standard InChI is InChI=1S/C14H20N2O3/c1-3-15-13(17)9-16-14(18)11(2)19-10-12-7-5-4-6-8-12/h4-8,11H,3,9-10H2,1-2H3,(H,15,17)(H,16,18)/t11-/m1/s1. The molecular formula is C14H20N2O3. The fourth-order valence-electron chi connectivity index (χ4n) is 1.44. The van der Waals surface area contributed by atoms with Crippen LogP contribution in [0.4, 0.5) is 0 Å². The summed E-state index contributed by atoms with van der Waals surface area (Å²) >= 11 is 0. The molecule has 1 rings (SSSR count). The van der Waals surface area contributed by atoms with Crippen molar-refractivity contribution in [3.05, 3.63) is 35.9 Å². The van der Waals surface area contributed by atoms with Gasteiger partial charge in [-0.05, 0) is 19.4 Å². The van der Waals surface area contributed by atoms with Gasteiger partial charge >= 0.3 is 0 Å². The lowest BCUT2D eigenvalue weighted by atomic mass is 10.2. The van der Waals surface area contributed by atoms with Crippen molar-refractivity contribution in [2.24, 2.45) is 0 Å². The van der Waals surface area contributed by atoms with E-state index >= 15 is 0 Å². The summed E-state index contributed by atoms with van der Waals surface area (Å²) in [4.78, 5) is 22.8. The number of likely N-dealkylation sites (N-methyl/N-ethyl adjacent to an activating group) is 1. The molecule has 0 unspecified atom stereocenters. The summed E-state index contributed by atoms with van der Waals surface area (Å²) in [7, 11) is 0. The second-order valence-corrected chi connectivity index (χ2v) is 4.11. The lowest BCUT2D eigenvalue weighted by molar-refractivity contribution is -0.134. The van der Waals surface area contributed by atoms with Gasteiger partial charge in [-0.2, -0.15) is 0 Å². The molecule has 0 spiro atoms. The first-order chi connectivity index (χ1) is 9.13. The maximum absolute atomic E-state index is 11.7. The largest absolute Gasteiger partial charge is 0.364 e. The Labute approximate surface area is 113 Å². The molecule has 0 radical (unpaired) electrons. The van der Waals surface area contributed by atoms with Gasteiger partial charge in [0, 0.05) is 6.54 Å². The zero-order valence-electron chi connectivity index (χ0n) is 11.3. The lowest BCUT2D eigenvalue weighted by Gasteiger charge is -2.13. The molecule has 0 bridgehead atoms. The van der Waals surface area contributed by atoms with Gasteiger partial charge in [-0.1, -0.05) is 30.3 Å². The summed E-state index contributed by atoms with van der Waals surface area (Å²) in [6, 6.07) is 9.61. The van der Waals surface area contributed by atoms with Gasteiger partial charge in [0.1, 0.15) is 6.10 Å². The third-order valence-corrected chi connectivity index (χ3v) is 2.51. The zero-order chi connectivity index (χ0) is 14.1. The number of carbonyl (C=O) groups excluding carboxylic acids is 2. The van der Waals surface area contributed by atoms with Gasteiger partial charge in [-0.3, -0.25) is 9.59 Å². The Morgan fingerprint density at radius 1 is 1.21 bits per heavy atom. The van der Waals surface area contributed by atoms with Crippen molar-refractivity contribution in [3.8, 4) is 0 Å². The minimum absolute atomic E-state index is 0.0221. The van der Waals surface area contributed by atoms with E-state index in [0.717, 1.165) is 5.56 Å². The monoisotopic (exact) mass is 264 g/mol. The van der Waals surface area contributed by atoms with Crippen LogP contribution in [0.2, 0.25) is 0 Å². The topological polar surface area (TPSA) is 67.4 Å². The average Bonchev–Trinajstić information content (AvgIpc) is 2.43. The van der Waals surface area contributed by atoms with Crippen molar-refractivity contribution < 1.29 is 14.3 Å². The molecule has 5 nitrogen and oxygen atoms in total. The fraction of sp³-hybridized carbons (Fsp3) is 0.429. The van der Waals surface area contributed by atoms with E-state index in [2.05, 4.69) is 10.6 Å². The van der Waals surface area contributed by atoms with Crippen LogP contribution in [-0.2, 0) is 20.9 Å². The Bertz CT molecular complexity index is 406. The molecule has 0 aliphatic heterocycles. The van der Waals surface area contributed by atoms with E-state index in [0.29, 0.717) is 13.2 Å². The molecule has 104 valence electrons. The number of rotatable bonds is 7. The van der Waals surface area contributed by atoms with Gasteiger partial charge in [0.05, 0.1) is 13.2 Å². The van der Waals surface area contributed by atoms with Crippen LogP contribution in [0.15, 0.2) is 30.3 Å². The van der Waals surface area contributed by atoms with Crippen molar-refractivity contribution in [1.29, 1.82) is 0 Å². The average molecular weight is 264 g/mol. The summed E-state index contributed by atoms with van der Waals surface area (Å²) in [6.45, 7) is 4.39. The van der Waals surface area contributed by atoms with Gasteiger partial charge in [0.25, 0.3) is 0 Å². The highest BCUT2D eigenvalue weighted by Gasteiger charge is 2.14. The second kappa shape index (κ2) is 8.26. The highest BCUT2D eigenvalue weighted by molar-refractivity contribution is 5.86. The Hall–Kier alpha value is -1.88. The van der Waals surface area contributed by atoms with Gasteiger partial charge in [-0.25, -0.2) is 0 Å². The number of hydrogen-bond acceptors (Lipinski definition) is 3. The minimum Gasteiger partial charge on any atom is -0.364 e. The SMILES string of the molecule is CCNC(=O)CNC(=O)[C@@H](C)OCc1ccccc1. The van der Waals surface area contributed by atoms with Crippen LogP contribution in [0.3, 0.4) is 0 Å². The molecule has 2 N–H and O–H groups in total. The molecule has 0 aromatic heterocycles. The lowest BCUT2D eigenvalue weighted by Crippen LogP contribution is -2.41. The molecule has 1 aromatic carbocycles. The van der Waals surface area contributed by atoms with E-state index in [4.69, 9.17) is 4.74 Å². The Morgan fingerprint density at radius 3 is 2.53 bits per heavy atom. The van der Waals surface area contributed by atoms with Crippen LogP contribution in [0, 0.1) is 0 Å². The highest BCUT2D eigenvalue weighted by atomic mass is 16.5. The first-order valence-corrected chi connectivity index (χ1v) is 6.33. The summed E-state index contributed by atoms with van der Waals surface area (Å²) < 4.78 is 5.44. The van der Waals surface area contributed by atoms with E-state index in [1.807, 2.05) is 37.3 Å². The molecule has 0 saturated heterocycles. The first-order valence-electron chi connectivity index (χ1n) is 6.33. The summed E-state index contributed by atoms with van der Waals surface area (Å²) in [5, 5.41) is 5.13. The van der Waals surface area contributed by atoms with Gasteiger partial charge in [0.2, 0.25) is 11.8 Å². The predicted octanol–water partition coefficient (Wildman–Crippen LogP) is 0.844. The molecule has 0 aliphatic carbocycles. The molecule has 0 heterocycles. The van der Waals surface area contributed by atoms with Crippen LogP contribution in [-0.4, -0.2) is 31.0 Å². The van der Waals surface area contributed by atoms with Crippen LogP contribution < -0.4 is 10.6 Å². The van der Waals surface area contributed by atoms with Crippen molar-refractivity contribution in [1.82, 2.24) is 10.6 Å². The van der Waals surface area contributed by atoms with Crippen molar-refractivity contribution >= 4 is 11.8 Å². The minimum atomic E-state index is -0.588. The van der Waals surface area contributed by atoms with Gasteiger partial charge in [0.15, 0.2) is 0 Å². The summed E-state index contributed by atoms with van der Waals surface area (Å²) in [6.07, 6.45) is -0.588. The van der Waals surface area contributed by atoms with Gasteiger partial charge < -0.3 is 15.4 Å². The second-order valence-electron chi connectivity index (χ2n) is 4.11. The van der Waals surface area contributed by atoms with Crippen LogP contribution in [0.25, 0.3) is 0 Å². The first kappa shape index (κ1) is 15.2. The number of carbonyl (C=O) groups is 2. The van der Waals surface area contributed by atoms with E-state index < -0.39 is 6.10 Å². The molecule has 1 atom stereocenters. The summed E-state index contributed by atoms with van der Waals surface area (Å²) in [5.74, 6) is -0.492. The van der Waals surface area contributed by atoms with E-state index in [1.54, 1.807) is 6.92 Å². The Kier molecular flexibility index (Phi) is 6.60. The number of ether oxygens (including phenoxy) is 1. The van der Waals surface area contributed by atoms with E-state index in [-0.39, 0.29) is 18.4 Å². The number of nitrogens with one attached hydrogen (secondary N) is 2. The molecule has 1 aromatic rings. The van der Waals surface area contributed by atoms with Gasteiger partial charge in [-0.15, -0.1) is 0 Å². The maximum Gasteiger partial charge on any atom is 0.249 e. The van der Waals surface area contributed by atoms with Crippen molar-refractivity contribution in [2.75, 3.05) is 13.1 Å². The molecule has 5 heteroatoms. The van der Waals surface area contributed by atoms with Crippen LogP contribution in [0.1, 0.15) is 19.4 Å². The third-order valence-electron chi connectivity index (χ3n) is 2.51. The molecular weight excluding hydrogens is 244 g/mol. The van der Waals surface area contributed by atoms with Crippen molar-refractivity contribution in [3.63, 3.8) is 0 Å². The molecule has 0 fully saturated rings. The normalized spacial score (nSPS) is 11.7. The molecule has 2 amide bonds. The number of benzene rings is 1. The molecule has 0 aliphatic rings. The van der Waals surface area contributed by atoms with E-state index in [9.17, 15) is 9.59 Å². The van der Waals surface area contributed by atoms with E-state index in [1.165, 1.54) is 0 Å². The maximum atomic E-state index is 11.7. The smallest absolute Gasteiger partial charge is 0.249 e. The third kappa shape index (κ3) is 6.01. The molecule has 0 saturated carbocycles. The van der Waals surface area contributed by atoms with Crippen LogP contribution >= 0.6 is 0 Å². The Morgan fingerprint density at radius 2 is 1.89 bits per heavy atom. The summed E-state index contributed by atoms with van der Waals surface area (Å²) in [5.41, 5.74) is 1.01. The highest BCUT2D eigenvalue weighted by Crippen LogP contribution is 2.03. The number of amides is 2. The molecule has 19 heavy (non-hydrogen) atoms.